The molecular formula is C8H16N4. The van der Waals surface area contributed by atoms with Gasteiger partial charge < -0.3 is 5.73 Å². The van der Waals surface area contributed by atoms with Gasteiger partial charge in [-0.1, -0.05) is 20.8 Å². The first-order valence-electron chi connectivity index (χ1n) is 4.18. The Morgan fingerprint density at radius 3 is 2.25 bits per heavy atom. The second-order valence-electron chi connectivity index (χ2n) is 3.48. The molecule has 0 saturated carbocycles. The number of nitrogen functional groups attached to an aromatic ring is 1. The Morgan fingerprint density at radius 2 is 1.92 bits per heavy atom. The lowest BCUT2D eigenvalue weighted by Gasteiger charge is -2.09. The van der Waals surface area contributed by atoms with Crippen molar-refractivity contribution in [3.05, 3.63) is 5.82 Å². The first-order valence-corrected chi connectivity index (χ1v) is 4.18. The number of hydrogen-bond acceptors (Lipinski definition) is 3. The molecule has 1 aromatic heterocycles. The molecule has 1 atom stereocenters. The van der Waals surface area contributed by atoms with E-state index in [1.54, 1.807) is 11.7 Å². The number of hydrogen-bond donors (Lipinski definition) is 1. The first-order chi connectivity index (χ1) is 5.52. The molecule has 0 aliphatic rings. The summed E-state index contributed by atoms with van der Waals surface area (Å²) in [5.74, 6) is 2.24. The Bertz CT molecular complexity index is 245. The molecule has 0 aliphatic heterocycles. The molecule has 0 aliphatic carbocycles. The number of aromatic nitrogens is 3. The summed E-state index contributed by atoms with van der Waals surface area (Å²) in [6.45, 7) is 6.41. The van der Waals surface area contributed by atoms with Gasteiger partial charge in [0.1, 0.15) is 0 Å². The number of rotatable bonds is 2. The van der Waals surface area contributed by atoms with Gasteiger partial charge in [-0.05, 0) is 5.92 Å². The summed E-state index contributed by atoms with van der Waals surface area (Å²) >= 11 is 0. The van der Waals surface area contributed by atoms with Crippen LogP contribution >= 0.6 is 0 Å². The van der Waals surface area contributed by atoms with Crippen LogP contribution in [0.25, 0.3) is 0 Å². The zero-order valence-corrected chi connectivity index (χ0v) is 8.07. The smallest absolute Gasteiger partial charge is 0.218 e. The second-order valence-corrected chi connectivity index (χ2v) is 3.48. The number of aryl methyl sites for hydroxylation is 1. The number of nitrogens with two attached hydrogens (primary N) is 1. The van der Waals surface area contributed by atoms with Gasteiger partial charge in [-0.15, -0.1) is 0 Å². The fourth-order valence-corrected chi connectivity index (χ4v) is 0.908. The van der Waals surface area contributed by atoms with Crippen molar-refractivity contribution in [3.63, 3.8) is 0 Å². The van der Waals surface area contributed by atoms with Crippen LogP contribution in [0.3, 0.4) is 0 Å². The van der Waals surface area contributed by atoms with Crippen molar-refractivity contribution in [2.24, 2.45) is 13.0 Å². The molecule has 4 nitrogen and oxygen atoms in total. The van der Waals surface area contributed by atoms with Gasteiger partial charge in [0.2, 0.25) is 5.95 Å². The van der Waals surface area contributed by atoms with Crippen LogP contribution in [0.15, 0.2) is 0 Å². The van der Waals surface area contributed by atoms with E-state index in [1.807, 2.05) is 0 Å². The van der Waals surface area contributed by atoms with Crippen LogP contribution in [0.4, 0.5) is 5.95 Å². The Hall–Kier alpha value is -1.06. The maximum atomic E-state index is 5.57. The van der Waals surface area contributed by atoms with Gasteiger partial charge >= 0.3 is 0 Å². The zero-order chi connectivity index (χ0) is 9.30. The van der Waals surface area contributed by atoms with Crippen molar-refractivity contribution < 1.29 is 0 Å². The molecule has 0 spiro atoms. The minimum atomic E-state index is 0.369. The number of anilines is 1. The molecule has 1 rings (SSSR count). The molecule has 0 fully saturated rings. The lowest BCUT2D eigenvalue weighted by molar-refractivity contribution is 0.507. The quantitative estimate of drug-likeness (QED) is 0.720. The van der Waals surface area contributed by atoms with Crippen LogP contribution in [0, 0.1) is 5.92 Å². The predicted molar refractivity (Wildman–Crippen MR) is 48.7 cm³/mol. The highest BCUT2D eigenvalue weighted by Crippen LogP contribution is 2.20. The van der Waals surface area contributed by atoms with Crippen molar-refractivity contribution in [3.8, 4) is 0 Å². The molecule has 1 heterocycles. The Morgan fingerprint density at radius 1 is 1.33 bits per heavy atom. The van der Waals surface area contributed by atoms with Gasteiger partial charge in [-0.25, -0.2) is 4.68 Å². The highest BCUT2D eigenvalue weighted by Gasteiger charge is 2.15. The summed E-state index contributed by atoms with van der Waals surface area (Å²) in [5, 5.41) is 4.21. The lowest BCUT2D eigenvalue weighted by atomic mass is 9.98. The van der Waals surface area contributed by atoms with E-state index in [0.717, 1.165) is 5.82 Å². The molecule has 12 heavy (non-hydrogen) atoms. The summed E-state index contributed by atoms with van der Waals surface area (Å²) in [7, 11) is 1.80. The van der Waals surface area contributed by atoms with Gasteiger partial charge in [-0.3, -0.25) is 0 Å². The van der Waals surface area contributed by atoms with Crippen LogP contribution in [0.5, 0.6) is 0 Å². The lowest BCUT2D eigenvalue weighted by Crippen LogP contribution is -2.04. The summed E-state index contributed by atoms with van der Waals surface area (Å²) in [5.41, 5.74) is 5.57. The summed E-state index contributed by atoms with van der Waals surface area (Å²) in [6.07, 6.45) is 0. The first kappa shape index (κ1) is 9.03. The van der Waals surface area contributed by atoms with E-state index in [0.29, 0.717) is 17.8 Å². The van der Waals surface area contributed by atoms with Crippen molar-refractivity contribution in [2.75, 3.05) is 5.73 Å². The fourth-order valence-electron chi connectivity index (χ4n) is 0.908. The average molecular weight is 168 g/mol. The van der Waals surface area contributed by atoms with E-state index in [1.165, 1.54) is 0 Å². The van der Waals surface area contributed by atoms with Crippen LogP contribution < -0.4 is 5.73 Å². The van der Waals surface area contributed by atoms with Crippen LogP contribution in [0.2, 0.25) is 0 Å². The minimum Gasteiger partial charge on any atom is -0.368 e. The summed E-state index contributed by atoms with van der Waals surface area (Å²) in [6, 6.07) is 0. The molecule has 1 unspecified atom stereocenters. The van der Waals surface area contributed by atoms with E-state index in [9.17, 15) is 0 Å². The second kappa shape index (κ2) is 3.13. The Balaban J connectivity index is 2.89. The minimum absolute atomic E-state index is 0.369. The van der Waals surface area contributed by atoms with Gasteiger partial charge in [0.25, 0.3) is 0 Å². The SMILES string of the molecule is CC(C)C(C)c1nc(N)n(C)n1. The normalized spacial score (nSPS) is 13.8. The van der Waals surface area contributed by atoms with Crippen molar-refractivity contribution in [1.29, 1.82) is 0 Å². The van der Waals surface area contributed by atoms with Crippen molar-refractivity contribution in [1.82, 2.24) is 14.8 Å². The van der Waals surface area contributed by atoms with Crippen molar-refractivity contribution in [2.45, 2.75) is 26.7 Å². The molecule has 4 heteroatoms. The average Bonchev–Trinajstić information content (AvgIpc) is 2.30. The maximum Gasteiger partial charge on any atom is 0.218 e. The van der Waals surface area contributed by atoms with E-state index in [4.69, 9.17) is 5.73 Å². The highest BCUT2D eigenvalue weighted by atomic mass is 15.4. The molecule has 0 radical (unpaired) electrons. The van der Waals surface area contributed by atoms with E-state index in [-0.39, 0.29) is 0 Å². The predicted octanol–water partition coefficient (Wildman–Crippen LogP) is 1.16. The van der Waals surface area contributed by atoms with Crippen LogP contribution in [-0.2, 0) is 7.05 Å². The Labute approximate surface area is 72.8 Å². The van der Waals surface area contributed by atoms with E-state index in [2.05, 4.69) is 30.9 Å². The molecule has 68 valence electrons. The zero-order valence-electron chi connectivity index (χ0n) is 8.07. The monoisotopic (exact) mass is 168 g/mol. The van der Waals surface area contributed by atoms with Gasteiger partial charge in [-0.2, -0.15) is 10.1 Å². The summed E-state index contributed by atoms with van der Waals surface area (Å²) in [4.78, 5) is 4.16. The maximum absolute atomic E-state index is 5.57. The van der Waals surface area contributed by atoms with Crippen molar-refractivity contribution >= 4 is 5.95 Å². The standard InChI is InChI=1S/C8H16N4/c1-5(2)6(3)7-10-8(9)12(4)11-7/h5-6H,1-4H3,(H2,9,10,11). The fraction of sp³-hybridized carbons (Fsp3) is 0.750. The van der Waals surface area contributed by atoms with Crippen LogP contribution in [-0.4, -0.2) is 14.8 Å². The third-order valence-corrected chi connectivity index (χ3v) is 2.22. The van der Waals surface area contributed by atoms with Gasteiger partial charge in [0.15, 0.2) is 5.82 Å². The molecular weight excluding hydrogens is 152 g/mol. The summed E-state index contributed by atoms with van der Waals surface area (Å²) < 4.78 is 1.61. The van der Waals surface area contributed by atoms with Gasteiger partial charge in [0, 0.05) is 13.0 Å². The largest absolute Gasteiger partial charge is 0.368 e. The highest BCUT2D eigenvalue weighted by molar-refractivity contribution is 5.16. The molecule has 2 N–H and O–H groups in total. The van der Waals surface area contributed by atoms with E-state index >= 15 is 0 Å². The number of nitrogens with zero attached hydrogens (tertiary/aromatic N) is 3. The van der Waals surface area contributed by atoms with E-state index < -0.39 is 0 Å². The molecule has 1 aromatic rings. The van der Waals surface area contributed by atoms with Crippen LogP contribution in [0.1, 0.15) is 32.5 Å². The van der Waals surface area contributed by atoms with Gasteiger partial charge in [0.05, 0.1) is 0 Å². The molecule has 0 saturated heterocycles. The Kier molecular flexibility index (Phi) is 2.35. The third kappa shape index (κ3) is 1.57. The third-order valence-electron chi connectivity index (χ3n) is 2.22. The molecule has 0 aromatic carbocycles. The molecule has 0 bridgehead atoms. The topological polar surface area (TPSA) is 56.7 Å². The molecule has 0 amide bonds.